The van der Waals surface area contributed by atoms with E-state index in [1.807, 2.05) is 20.8 Å². The number of nitrogens with zero attached hydrogens (tertiary/aromatic N) is 2. The van der Waals surface area contributed by atoms with Crippen molar-refractivity contribution < 1.29 is 33.0 Å². The van der Waals surface area contributed by atoms with Crippen LogP contribution in [-0.4, -0.2) is 70.3 Å². The second kappa shape index (κ2) is 13.7. The van der Waals surface area contributed by atoms with Crippen LogP contribution in [0, 0.1) is 17.8 Å². The Kier molecular flexibility index (Phi) is 10.6. The summed E-state index contributed by atoms with van der Waals surface area (Å²) in [4.78, 5) is 44.3. The number of rotatable bonds is 1. The number of hydrogen-bond donors (Lipinski definition) is 2. The number of carbonyl (C=O) groups excluding carboxylic acids is 3. The van der Waals surface area contributed by atoms with E-state index in [4.69, 9.17) is 9.15 Å². The number of fused-ring (bicyclic) bond motifs is 3. The number of aliphatic hydroxyl groups is 1. The molecule has 6 atom stereocenters. The Morgan fingerprint density at radius 3 is 2.67 bits per heavy atom. The maximum Gasteiger partial charge on any atom is 0.329 e. The number of aromatic nitrogens is 1. The lowest BCUT2D eigenvalue weighted by Gasteiger charge is -2.29. The first-order valence-corrected chi connectivity index (χ1v) is 13.6. The van der Waals surface area contributed by atoms with Crippen LogP contribution in [0.1, 0.15) is 63.8 Å². The van der Waals surface area contributed by atoms with Gasteiger partial charge in [0.1, 0.15) is 24.6 Å². The molecule has 0 unspecified atom stereocenters. The van der Waals surface area contributed by atoms with E-state index in [2.05, 4.69) is 10.3 Å². The first kappa shape index (κ1) is 30.3. The average Bonchev–Trinajstić information content (AvgIpc) is 3.56. The molecule has 3 rings (SSSR count). The van der Waals surface area contributed by atoms with Crippen molar-refractivity contribution in [3.05, 3.63) is 53.8 Å². The summed E-state index contributed by atoms with van der Waals surface area (Å²) >= 11 is 0. The van der Waals surface area contributed by atoms with Crippen LogP contribution in [0.2, 0.25) is 0 Å². The maximum atomic E-state index is 15.0. The lowest BCUT2D eigenvalue weighted by atomic mass is 9.94. The van der Waals surface area contributed by atoms with Crippen LogP contribution in [-0.2, 0) is 20.7 Å². The van der Waals surface area contributed by atoms with E-state index in [1.54, 1.807) is 38.2 Å². The molecule has 0 spiro atoms. The second-order valence-electron chi connectivity index (χ2n) is 10.8. The third-order valence-corrected chi connectivity index (χ3v) is 7.22. The van der Waals surface area contributed by atoms with Crippen LogP contribution in [0.3, 0.4) is 0 Å². The van der Waals surface area contributed by atoms with Crippen molar-refractivity contribution in [2.24, 2.45) is 17.8 Å². The van der Waals surface area contributed by atoms with Crippen molar-refractivity contribution in [2.45, 2.75) is 78.3 Å². The summed E-state index contributed by atoms with van der Waals surface area (Å²) in [7, 11) is 0. The number of amides is 2. The highest BCUT2D eigenvalue weighted by Crippen LogP contribution is 2.26. The van der Waals surface area contributed by atoms with Gasteiger partial charge in [-0.2, -0.15) is 0 Å². The number of carbonyl (C=O) groups is 3. The van der Waals surface area contributed by atoms with Crippen LogP contribution < -0.4 is 5.32 Å². The van der Waals surface area contributed by atoms with E-state index < -0.39 is 42.2 Å². The molecule has 0 radical (unpaired) electrons. The highest BCUT2D eigenvalue weighted by molar-refractivity contribution is 5.95. The summed E-state index contributed by atoms with van der Waals surface area (Å²) in [6.07, 6.45) is 7.14. The van der Waals surface area contributed by atoms with Gasteiger partial charge in [0.15, 0.2) is 11.6 Å². The fourth-order valence-electron chi connectivity index (χ4n) is 4.82. The topological polar surface area (TPSA) is 122 Å². The van der Waals surface area contributed by atoms with Gasteiger partial charge in [0.05, 0.1) is 12.5 Å². The zero-order chi connectivity index (χ0) is 28.7. The van der Waals surface area contributed by atoms with E-state index in [1.165, 1.54) is 17.2 Å². The van der Waals surface area contributed by atoms with Gasteiger partial charge in [-0.15, -0.1) is 0 Å². The molecule has 0 aromatic carbocycles. The van der Waals surface area contributed by atoms with E-state index >= 15 is 4.39 Å². The number of nitrogens with one attached hydrogen (secondary N) is 1. The Hall–Kier alpha value is -3.27. The van der Waals surface area contributed by atoms with Gasteiger partial charge < -0.3 is 24.5 Å². The molecule has 39 heavy (non-hydrogen) atoms. The molecule has 1 fully saturated rings. The normalized spacial score (nSPS) is 33.1. The zero-order valence-electron chi connectivity index (χ0n) is 23.3. The van der Waals surface area contributed by atoms with E-state index in [0.717, 1.165) is 0 Å². The van der Waals surface area contributed by atoms with Crippen molar-refractivity contribution in [1.29, 1.82) is 0 Å². The van der Waals surface area contributed by atoms with Crippen LogP contribution in [0.5, 0.6) is 0 Å². The van der Waals surface area contributed by atoms with Crippen molar-refractivity contribution in [2.75, 3.05) is 13.1 Å². The van der Waals surface area contributed by atoms with Gasteiger partial charge in [0, 0.05) is 24.9 Å². The number of cyclic esters (lactones) is 1. The molecular weight excluding hydrogens is 505 g/mol. The Balaban J connectivity index is 1.88. The van der Waals surface area contributed by atoms with Gasteiger partial charge in [0.2, 0.25) is 5.91 Å². The molecule has 1 aromatic heterocycles. The summed E-state index contributed by atoms with van der Waals surface area (Å²) in [6.45, 7) is 9.71. The third-order valence-electron chi connectivity index (χ3n) is 7.22. The predicted octanol–water partition coefficient (Wildman–Crippen LogP) is 3.55. The molecule has 2 amide bonds. The van der Waals surface area contributed by atoms with Gasteiger partial charge in [-0.25, -0.2) is 14.2 Å². The van der Waals surface area contributed by atoms with Gasteiger partial charge in [-0.05, 0) is 31.8 Å². The summed E-state index contributed by atoms with van der Waals surface area (Å²) in [5.41, 5.74) is 0.705. The van der Waals surface area contributed by atoms with Crippen LogP contribution in [0.15, 0.2) is 46.6 Å². The molecule has 2 N–H and O–H groups in total. The predicted molar refractivity (Wildman–Crippen MR) is 143 cm³/mol. The van der Waals surface area contributed by atoms with Crippen molar-refractivity contribution in [3.8, 4) is 0 Å². The lowest BCUT2D eigenvalue weighted by molar-refractivity contribution is -0.158. The molecule has 2 aliphatic heterocycles. The van der Waals surface area contributed by atoms with Crippen LogP contribution in [0.4, 0.5) is 4.39 Å². The monoisotopic (exact) mass is 545 g/mol. The van der Waals surface area contributed by atoms with Crippen LogP contribution in [0.25, 0.3) is 0 Å². The molecule has 2 bridgehead atoms. The fraction of sp³-hybridized carbons (Fsp3) is 0.586. The Labute approximate surface area is 229 Å². The molecule has 214 valence electrons. The molecule has 2 aliphatic rings. The minimum Gasteiger partial charge on any atom is -0.460 e. The van der Waals surface area contributed by atoms with Crippen molar-refractivity contribution >= 4 is 17.8 Å². The maximum absolute atomic E-state index is 15.0. The first-order valence-electron chi connectivity index (χ1n) is 13.6. The van der Waals surface area contributed by atoms with Crippen LogP contribution >= 0.6 is 0 Å². The number of allylic oxidation sites excluding steroid dienone is 2. The quantitative estimate of drug-likeness (QED) is 0.518. The molecule has 10 heteroatoms. The number of alkyl halides is 1. The minimum absolute atomic E-state index is 0.00732. The van der Waals surface area contributed by atoms with E-state index in [9.17, 15) is 19.5 Å². The van der Waals surface area contributed by atoms with Gasteiger partial charge >= 0.3 is 5.97 Å². The van der Waals surface area contributed by atoms with Gasteiger partial charge in [-0.3, -0.25) is 9.59 Å². The SMILES string of the molecule is CC1=C\[C@@H](O)[C@H](C)[C@@H](F)Cc2nc(co2)C(=O)N2CCC[C@@H]2C(=O)O[C@H](C(C)C)[C@H](C)/C=C/C(=O)NC\C=C\1. The largest absolute Gasteiger partial charge is 0.460 e. The number of aliphatic hydroxyl groups excluding tert-OH is 1. The highest BCUT2D eigenvalue weighted by atomic mass is 19.1. The molecule has 0 saturated carbocycles. The smallest absolute Gasteiger partial charge is 0.329 e. The Morgan fingerprint density at radius 1 is 1.21 bits per heavy atom. The molecule has 3 heterocycles. The summed E-state index contributed by atoms with van der Waals surface area (Å²) < 4.78 is 26.3. The standard InChI is InChI=1S/C29H40FN3O6/c1-17(2)27-19(4)10-11-25(35)31-12-6-8-18(3)14-24(34)20(5)21(30)15-26-32-22(16-38-26)28(36)33-13-7-9-23(33)29(37)39-27/h6,8,10-11,14,16-17,19-21,23-24,27,34H,7,9,12-13,15H2,1-5H3,(H,31,35)/b8-6+,11-10+,18-14+/t19-,20-,21+,23-,24-,27-/m1/s1. The van der Waals surface area contributed by atoms with Crippen molar-refractivity contribution in [1.82, 2.24) is 15.2 Å². The molecule has 1 saturated heterocycles. The van der Waals surface area contributed by atoms with Gasteiger partial charge in [0.25, 0.3) is 5.91 Å². The lowest BCUT2D eigenvalue weighted by Crippen LogP contribution is -2.44. The zero-order valence-corrected chi connectivity index (χ0v) is 23.3. The summed E-state index contributed by atoms with van der Waals surface area (Å²) in [6, 6.07) is -0.772. The fourth-order valence-corrected chi connectivity index (χ4v) is 4.82. The summed E-state index contributed by atoms with van der Waals surface area (Å²) in [5, 5.41) is 13.3. The molecular formula is C29H40FN3O6. The summed E-state index contributed by atoms with van der Waals surface area (Å²) in [5.74, 6) is -2.29. The number of halogens is 1. The van der Waals surface area contributed by atoms with E-state index in [0.29, 0.717) is 25.0 Å². The highest BCUT2D eigenvalue weighted by Gasteiger charge is 2.39. The average molecular weight is 546 g/mol. The molecule has 9 nitrogen and oxygen atoms in total. The minimum atomic E-state index is -1.48. The first-order chi connectivity index (χ1) is 18.5. The Morgan fingerprint density at radius 2 is 1.95 bits per heavy atom. The number of hydrogen-bond acceptors (Lipinski definition) is 7. The number of esters is 1. The number of ether oxygens (including phenoxy) is 1. The van der Waals surface area contributed by atoms with E-state index in [-0.39, 0.29) is 42.3 Å². The molecule has 1 aromatic rings. The number of oxazole rings is 1. The third kappa shape index (κ3) is 8.11. The molecule has 0 aliphatic carbocycles. The Bertz CT molecular complexity index is 1110. The van der Waals surface area contributed by atoms with Crippen molar-refractivity contribution in [3.63, 3.8) is 0 Å². The van der Waals surface area contributed by atoms with Gasteiger partial charge in [-0.1, -0.05) is 57.6 Å². The second-order valence-corrected chi connectivity index (χ2v) is 10.8.